The van der Waals surface area contributed by atoms with Gasteiger partial charge in [-0.15, -0.1) is 13.2 Å². The largest absolute Gasteiger partial charge is 0.573 e. The molecule has 0 fully saturated rings. The van der Waals surface area contributed by atoms with Crippen LogP contribution in [0, 0.1) is 5.82 Å². The fraction of sp³-hybridized carbons (Fsp3) is 0.125. The molecule has 2 aromatic carbocycles. The van der Waals surface area contributed by atoms with Gasteiger partial charge in [-0.05, 0) is 42.5 Å². The molecule has 0 spiro atoms. The second-order valence-corrected chi connectivity index (χ2v) is 4.71. The molecule has 0 bridgehead atoms. The van der Waals surface area contributed by atoms with Crippen LogP contribution in [0.5, 0.6) is 5.75 Å². The SMILES string of the molecule is O=C(COC(=O)c1ccc(OC(F)(F)F)cc1)Nc1cccc(F)c1. The zero-order valence-electron chi connectivity index (χ0n) is 12.5. The van der Waals surface area contributed by atoms with Crippen LogP contribution in [0.4, 0.5) is 23.2 Å². The normalized spacial score (nSPS) is 10.9. The Hall–Kier alpha value is -3.10. The van der Waals surface area contributed by atoms with Gasteiger partial charge in [0.05, 0.1) is 5.56 Å². The molecular formula is C16H11F4NO4. The van der Waals surface area contributed by atoms with Crippen molar-refractivity contribution in [3.63, 3.8) is 0 Å². The minimum Gasteiger partial charge on any atom is -0.452 e. The maximum absolute atomic E-state index is 13.0. The van der Waals surface area contributed by atoms with E-state index in [2.05, 4.69) is 10.1 Å². The van der Waals surface area contributed by atoms with Gasteiger partial charge >= 0.3 is 12.3 Å². The molecular weight excluding hydrogens is 346 g/mol. The second-order valence-electron chi connectivity index (χ2n) is 4.71. The predicted molar refractivity (Wildman–Crippen MR) is 78.4 cm³/mol. The topological polar surface area (TPSA) is 64.6 Å². The van der Waals surface area contributed by atoms with Gasteiger partial charge in [0.2, 0.25) is 0 Å². The molecule has 0 radical (unpaired) electrons. The Morgan fingerprint density at radius 3 is 2.32 bits per heavy atom. The van der Waals surface area contributed by atoms with Crippen LogP contribution in [-0.2, 0) is 9.53 Å². The third-order valence-electron chi connectivity index (χ3n) is 2.77. The van der Waals surface area contributed by atoms with Crippen LogP contribution in [-0.4, -0.2) is 24.8 Å². The number of benzene rings is 2. The summed E-state index contributed by atoms with van der Waals surface area (Å²) < 4.78 is 57.5. The Bertz CT molecular complexity index is 759. The summed E-state index contributed by atoms with van der Waals surface area (Å²) in [5, 5.41) is 2.32. The van der Waals surface area contributed by atoms with Gasteiger partial charge in [0, 0.05) is 5.69 Å². The van der Waals surface area contributed by atoms with Gasteiger partial charge in [0.15, 0.2) is 6.61 Å². The summed E-state index contributed by atoms with van der Waals surface area (Å²) in [6, 6.07) is 9.13. The Morgan fingerprint density at radius 1 is 1.04 bits per heavy atom. The van der Waals surface area contributed by atoms with Crippen molar-refractivity contribution in [1.82, 2.24) is 0 Å². The number of anilines is 1. The van der Waals surface area contributed by atoms with Crippen molar-refractivity contribution in [2.24, 2.45) is 0 Å². The third-order valence-corrected chi connectivity index (χ3v) is 2.77. The summed E-state index contributed by atoms with van der Waals surface area (Å²) >= 11 is 0. The maximum atomic E-state index is 13.0. The average molecular weight is 357 g/mol. The molecule has 1 amide bonds. The maximum Gasteiger partial charge on any atom is 0.573 e. The molecule has 0 aliphatic heterocycles. The first kappa shape index (κ1) is 18.2. The first-order valence-corrected chi connectivity index (χ1v) is 6.81. The van der Waals surface area contributed by atoms with Crippen molar-refractivity contribution in [1.29, 1.82) is 0 Å². The zero-order chi connectivity index (χ0) is 18.4. The smallest absolute Gasteiger partial charge is 0.452 e. The summed E-state index contributed by atoms with van der Waals surface area (Å²) in [6.07, 6.45) is -4.84. The molecule has 132 valence electrons. The van der Waals surface area contributed by atoms with Gasteiger partial charge in [-0.2, -0.15) is 0 Å². The van der Waals surface area contributed by atoms with Gasteiger partial charge < -0.3 is 14.8 Å². The molecule has 5 nitrogen and oxygen atoms in total. The molecule has 0 saturated carbocycles. The summed E-state index contributed by atoms with van der Waals surface area (Å²) in [5.41, 5.74) is 0.128. The molecule has 2 aromatic rings. The van der Waals surface area contributed by atoms with Crippen molar-refractivity contribution >= 4 is 17.6 Å². The highest BCUT2D eigenvalue weighted by atomic mass is 19.4. The lowest BCUT2D eigenvalue weighted by molar-refractivity contribution is -0.274. The monoisotopic (exact) mass is 357 g/mol. The van der Waals surface area contributed by atoms with Crippen LogP contribution in [0.15, 0.2) is 48.5 Å². The number of carbonyl (C=O) groups excluding carboxylic acids is 2. The van der Waals surface area contributed by atoms with Gasteiger partial charge in [-0.1, -0.05) is 6.07 Å². The van der Waals surface area contributed by atoms with E-state index < -0.39 is 36.4 Å². The van der Waals surface area contributed by atoms with Crippen molar-refractivity contribution in [2.75, 3.05) is 11.9 Å². The van der Waals surface area contributed by atoms with Gasteiger partial charge in [0.25, 0.3) is 5.91 Å². The Labute approximate surface area is 139 Å². The van der Waals surface area contributed by atoms with E-state index in [1.54, 1.807) is 0 Å². The highest BCUT2D eigenvalue weighted by Gasteiger charge is 2.31. The molecule has 0 atom stereocenters. The van der Waals surface area contributed by atoms with Crippen molar-refractivity contribution in [3.05, 3.63) is 59.9 Å². The van der Waals surface area contributed by atoms with Gasteiger partial charge in [-0.25, -0.2) is 9.18 Å². The van der Waals surface area contributed by atoms with Crippen LogP contribution in [0.1, 0.15) is 10.4 Å². The highest BCUT2D eigenvalue weighted by Crippen LogP contribution is 2.22. The first-order valence-electron chi connectivity index (χ1n) is 6.81. The van der Waals surface area contributed by atoms with E-state index >= 15 is 0 Å². The highest BCUT2D eigenvalue weighted by molar-refractivity contribution is 5.95. The summed E-state index contributed by atoms with van der Waals surface area (Å²) in [7, 11) is 0. The molecule has 1 N–H and O–H groups in total. The molecule has 0 aliphatic carbocycles. The van der Waals surface area contributed by atoms with Crippen LogP contribution >= 0.6 is 0 Å². The molecule has 25 heavy (non-hydrogen) atoms. The Balaban J connectivity index is 1.86. The fourth-order valence-electron chi connectivity index (χ4n) is 1.77. The van der Waals surface area contributed by atoms with Crippen LogP contribution < -0.4 is 10.1 Å². The number of rotatable bonds is 5. The van der Waals surface area contributed by atoms with E-state index in [1.165, 1.54) is 18.2 Å². The number of carbonyl (C=O) groups is 2. The van der Waals surface area contributed by atoms with Crippen molar-refractivity contribution < 1.29 is 36.6 Å². The lowest BCUT2D eigenvalue weighted by Gasteiger charge is -2.09. The zero-order valence-corrected chi connectivity index (χ0v) is 12.5. The average Bonchev–Trinajstić information content (AvgIpc) is 2.52. The number of halogens is 4. The minimum atomic E-state index is -4.84. The summed E-state index contributed by atoms with van der Waals surface area (Å²) in [5.74, 6) is -2.65. The third kappa shape index (κ3) is 6.13. The number of hydrogen-bond acceptors (Lipinski definition) is 4. The predicted octanol–water partition coefficient (Wildman–Crippen LogP) is 3.52. The molecule has 0 aliphatic rings. The Kier molecular flexibility index (Phi) is 5.58. The van der Waals surface area contributed by atoms with Crippen LogP contribution in [0.2, 0.25) is 0 Å². The number of ether oxygens (including phenoxy) is 2. The molecule has 9 heteroatoms. The Morgan fingerprint density at radius 2 is 1.72 bits per heavy atom. The van der Waals surface area contributed by atoms with Crippen LogP contribution in [0.25, 0.3) is 0 Å². The number of nitrogens with one attached hydrogen (secondary N) is 1. The second kappa shape index (κ2) is 7.65. The van der Waals surface area contributed by atoms with E-state index in [0.717, 1.165) is 30.3 Å². The number of alkyl halides is 3. The van der Waals surface area contributed by atoms with Crippen LogP contribution in [0.3, 0.4) is 0 Å². The number of amides is 1. The number of hydrogen-bond donors (Lipinski definition) is 1. The molecule has 2 rings (SSSR count). The summed E-state index contributed by atoms with van der Waals surface area (Å²) in [6.45, 7) is -0.643. The lowest BCUT2D eigenvalue weighted by Crippen LogP contribution is -2.21. The molecule has 0 saturated heterocycles. The number of esters is 1. The van der Waals surface area contributed by atoms with E-state index in [-0.39, 0.29) is 11.3 Å². The first-order chi connectivity index (χ1) is 11.7. The van der Waals surface area contributed by atoms with E-state index in [0.29, 0.717) is 0 Å². The van der Waals surface area contributed by atoms with E-state index in [4.69, 9.17) is 4.74 Å². The van der Waals surface area contributed by atoms with Gasteiger partial charge in [0.1, 0.15) is 11.6 Å². The van der Waals surface area contributed by atoms with Gasteiger partial charge in [-0.3, -0.25) is 4.79 Å². The lowest BCUT2D eigenvalue weighted by atomic mass is 10.2. The van der Waals surface area contributed by atoms with Crippen molar-refractivity contribution in [3.8, 4) is 5.75 Å². The molecule has 0 heterocycles. The standard InChI is InChI=1S/C16H11F4NO4/c17-11-2-1-3-12(8-11)21-14(22)9-24-15(23)10-4-6-13(7-5-10)25-16(18,19)20/h1-8H,9H2,(H,21,22). The molecule has 0 unspecified atom stereocenters. The van der Waals surface area contributed by atoms with E-state index in [1.807, 2.05) is 0 Å². The van der Waals surface area contributed by atoms with Crippen molar-refractivity contribution in [2.45, 2.75) is 6.36 Å². The fourth-order valence-corrected chi connectivity index (χ4v) is 1.77. The van der Waals surface area contributed by atoms with E-state index in [9.17, 15) is 27.2 Å². The summed E-state index contributed by atoms with van der Waals surface area (Å²) in [4.78, 5) is 23.3. The molecule has 0 aromatic heterocycles. The quantitative estimate of drug-likeness (QED) is 0.657. The minimum absolute atomic E-state index is 0.0620.